The van der Waals surface area contributed by atoms with Gasteiger partial charge in [0.15, 0.2) is 6.61 Å². The van der Waals surface area contributed by atoms with Crippen molar-refractivity contribution in [2.24, 2.45) is 11.8 Å². The summed E-state index contributed by atoms with van der Waals surface area (Å²) < 4.78 is 4.94. The highest BCUT2D eigenvalue weighted by atomic mass is 35.5. The largest absolute Gasteiger partial charge is 0.456 e. The molecular formula is C20H22Cl2N2O5. The average molecular weight is 441 g/mol. The van der Waals surface area contributed by atoms with E-state index in [9.17, 15) is 19.2 Å². The standard InChI is InChI=1S/C20H22Cl2N2O5/c21-13-6-5-12(16(22)9-13)10-23-17(25)11-29-18(26)7-8-24-19(27)14-3-1-2-4-15(14)20(24)28/h5-6,9,14-15H,1-4,7-8,10-11H2,(H,23,25)/t14-,15+. The van der Waals surface area contributed by atoms with Crippen LogP contribution in [-0.4, -0.2) is 41.7 Å². The van der Waals surface area contributed by atoms with Gasteiger partial charge in [0.25, 0.3) is 5.91 Å². The quantitative estimate of drug-likeness (QED) is 0.519. The number of halogens is 2. The van der Waals surface area contributed by atoms with Gasteiger partial charge in [-0.1, -0.05) is 42.1 Å². The number of fused-ring (bicyclic) bond motifs is 1. The van der Waals surface area contributed by atoms with Gasteiger partial charge < -0.3 is 10.1 Å². The molecule has 156 valence electrons. The van der Waals surface area contributed by atoms with Crippen LogP contribution >= 0.6 is 23.2 Å². The fourth-order valence-electron chi connectivity index (χ4n) is 3.78. The third-order valence-corrected chi connectivity index (χ3v) is 5.91. The van der Waals surface area contributed by atoms with Crippen molar-refractivity contribution in [3.05, 3.63) is 33.8 Å². The molecule has 3 rings (SSSR count). The van der Waals surface area contributed by atoms with Gasteiger partial charge in [0.1, 0.15) is 0 Å². The van der Waals surface area contributed by atoms with Gasteiger partial charge in [0.05, 0.1) is 18.3 Å². The van der Waals surface area contributed by atoms with E-state index in [2.05, 4.69) is 5.32 Å². The molecule has 7 nitrogen and oxygen atoms in total. The molecule has 1 aliphatic carbocycles. The molecule has 29 heavy (non-hydrogen) atoms. The highest BCUT2D eigenvalue weighted by Gasteiger charge is 2.47. The van der Waals surface area contributed by atoms with Crippen LogP contribution in [0.3, 0.4) is 0 Å². The number of esters is 1. The van der Waals surface area contributed by atoms with Crippen molar-refractivity contribution in [1.29, 1.82) is 0 Å². The molecule has 0 aromatic heterocycles. The summed E-state index contributed by atoms with van der Waals surface area (Å²) in [5, 5.41) is 3.52. The zero-order chi connectivity index (χ0) is 21.0. The summed E-state index contributed by atoms with van der Waals surface area (Å²) in [6.45, 7) is -0.283. The van der Waals surface area contributed by atoms with Crippen molar-refractivity contribution < 1.29 is 23.9 Å². The molecule has 2 atom stereocenters. The predicted molar refractivity (Wildman–Crippen MR) is 106 cm³/mol. The van der Waals surface area contributed by atoms with Crippen LogP contribution in [0.4, 0.5) is 0 Å². The van der Waals surface area contributed by atoms with Crippen molar-refractivity contribution in [2.45, 2.75) is 38.6 Å². The molecule has 2 fully saturated rings. The Morgan fingerprint density at radius 2 is 1.76 bits per heavy atom. The Labute approximate surface area is 178 Å². The van der Waals surface area contributed by atoms with Crippen LogP contribution in [-0.2, 0) is 30.5 Å². The zero-order valence-electron chi connectivity index (χ0n) is 15.8. The molecule has 2 aliphatic rings. The summed E-state index contributed by atoms with van der Waals surface area (Å²) in [6.07, 6.45) is 3.23. The fourth-order valence-corrected chi connectivity index (χ4v) is 4.26. The molecule has 1 N–H and O–H groups in total. The Hall–Kier alpha value is -2.12. The molecule has 0 radical (unpaired) electrons. The van der Waals surface area contributed by atoms with Crippen LogP contribution in [0.1, 0.15) is 37.7 Å². The lowest BCUT2D eigenvalue weighted by Gasteiger charge is -2.19. The number of benzene rings is 1. The molecule has 1 heterocycles. The number of hydrogen-bond acceptors (Lipinski definition) is 5. The van der Waals surface area contributed by atoms with Crippen molar-refractivity contribution >= 4 is 46.9 Å². The van der Waals surface area contributed by atoms with Crippen LogP contribution in [0.15, 0.2) is 18.2 Å². The van der Waals surface area contributed by atoms with Gasteiger partial charge in [-0.3, -0.25) is 24.1 Å². The first kappa shape index (κ1) is 21.6. The summed E-state index contributed by atoms with van der Waals surface area (Å²) >= 11 is 11.9. The van der Waals surface area contributed by atoms with E-state index in [0.717, 1.165) is 25.7 Å². The van der Waals surface area contributed by atoms with Crippen LogP contribution in [0.2, 0.25) is 10.0 Å². The monoisotopic (exact) mass is 440 g/mol. The van der Waals surface area contributed by atoms with E-state index in [1.54, 1.807) is 18.2 Å². The van der Waals surface area contributed by atoms with Gasteiger partial charge in [0.2, 0.25) is 11.8 Å². The molecule has 0 bridgehead atoms. The van der Waals surface area contributed by atoms with Gasteiger partial charge in [0, 0.05) is 23.1 Å². The summed E-state index contributed by atoms with van der Waals surface area (Å²) in [7, 11) is 0. The predicted octanol–water partition coefficient (Wildman–Crippen LogP) is 2.72. The number of amides is 3. The Kier molecular flexibility index (Phi) is 7.14. The molecule has 0 unspecified atom stereocenters. The minimum atomic E-state index is -0.639. The van der Waals surface area contributed by atoms with Gasteiger partial charge >= 0.3 is 5.97 Å². The first-order chi connectivity index (χ1) is 13.9. The number of carbonyl (C=O) groups excluding carboxylic acids is 4. The number of ether oxygens (including phenoxy) is 1. The van der Waals surface area contributed by atoms with Crippen molar-refractivity contribution in [3.8, 4) is 0 Å². The summed E-state index contributed by atoms with van der Waals surface area (Å²) in [4.78, 5) is 49.7. The number of imide groups is 1. The lowest BCUT2D eigenvalue weighted by molar-refractivity contribution is -0.150. The van der Waals surface area contributed by atoms with E-state index in [1.165, 1.54) is 4.90 Å². The number of carbonyl (C=O) groups is 4. The molecular weight excluding hydrogens is 419 g/mol. The second-order valence-electron chi connectivity index (χ2n) is 7.25. The second-order valence-corrected chi connectivity index (χ2v) is 8.09. The highest BCUT2D eigenvalue weighted by molar-refractivity contribution is 6.35. The third-order valence-electron chi connectivity index (χ3n) is 5.33. The maximum atomic E-state index is 12.4. The zero-order valence-corrected chi connectivity index (χ0v) is 17.3. The van der Waals surface area contributed by atoms with Crippen molar-refractivity contribution in [1.82, 2.24) is 10.2 Å². The Bertz CT molecular complexity index is 805. The maximum absolute atomic E-state index is 12.4. The van der Waals surface area contributed by atoms with Crippen LogP contribution in [0.5, 0.6) is 0 Å². The molecule has 1 aliphatic heterocycles. The molecule has 1 aromatic carbocycles. The van der Waals surface area contributed by atoms with Crippen molar-refractivity contribution in [2.75, 3.05) is 13.2 Å². The Morgan fingerprint density at radius 3 is 2.38 bits per heavy atom. The van der Waals surface area contributed by atoms with Crippen molar-refractivity contribution in [3.63, 3.8) is 0 Å². The first-order valence-electron chi connectivity index (χ1n) is 9.58. The Morgan fingerprint density at radius 1 is 1.10 bits per heavy atom. The van der Waals surface area contributed by atoms with E-state index in [1.807, 2.05) is 0 Å². The van der Waals surface area contributed by atoms with E-state index in [0.29, 0.717) is 15.6 Å². The SMILES string of the molecule is O=C(COC(=O)CCN1C(=O)[C@H]2CCCC[C@H]2C1=O)NCc1ccc(Cl)cc1Cl. The number of hydrogen-bond donors (Lipinski definition) is 1. The highest BCUT2D eigenvalue weighted by Crippen LogP contribution is 2.37. The van der Waals surface area contributed by atoms with Gasteiger partial charge in [-0.25, -0.2) is 0 Å². The maximum Gasteiger partial charge on any atom is 0.308 e. The van der Waals surface area contributed by atoms with E-state index in [4.69, 9.17) is 27.9 Å². The smallest absolute Gasteiger partial charge is 0.308 e. The first-order valence-corrected chi connectivity index (χ1v) is 10.3. The fraction of sp³-hybridized carbons (Fsp3) is 0.500. The van der Waals surface area contributed by atoms with Crippen LogP contribution in [0, 0.1) is 11.8 Å². The summed E-state index contributed by atoms with van der Waals surface area (Å²) in [5.41, 5.74) is 0.684. The number of rotatable bonds is 7. The van der Waals surface area contributed by atoms with E-state index in [-0.39, 0.29) is 43.2 Å². The molecule has 1 aromatic rings. The normalized spacial score (nSPS) is 21.1. The van der Waals surface area contributed by atoms with Gasteiger partial charge in [-0.05, 0) is 30.5 Å². The van der Waals surface area contributed by atoms with E-state index < -0.39 is 18.5 Å². The molecule has 0 spiro atoms. The van der Waals surface area contributed by atoms with Gasteiger partial charge in [-0.15, -0.1) is 0 Å². The lowest BCUT2D eigenvalue weighted by atomic mass is 9.81. The average Bonchev–Trinajstić information content (AvgIpc) is 2.94. The van der Waals surface area contributed by atoms with Crippen LogP contribution in [0.25, 0.3) is 0 Å². The minimum absolute atomic E-state index is 0.00843. The van der Waals surface area contributed by atoms with Gasteiger partial charge in [-0.2, -0.15) is 0 Å². The van der Waals surface area contributed by atoms with Crippen LogP contribution < -0.4 is 5.32 Å². The topological polar surface area (TPSA) is 92.8 Å². The second kappa shape index (κ2) is 9.59. The molecule has 1 saturated heterocycles. The number of nitrogens with one attached hydrogen (secondary N) is 1. The summed E-state index contributed by atoms with van der Waals surface area (Å²) in [5.74, 6) is -1.98. The Balaban J connectivity index is 1.39. The minimum Gasteiger partial charge on any atom is -0.456 e. The molecule has 9 heteroatoms. The summed E-state index contributed by atoms with van der Waals surface area (Å²) in [6, 6.07) is 4.92. The third kappa shape index (κ3) is 5.28. The number of nitrogens with zero attached hydrogens (tertiary/aromatic N) is 1. The molecule has 3 amide bonds. The number of likely N-dealkylation sites (tertiary alicyclic amines) is 1. The lowest BCUT2D eigenvalue weighted by Crippen LogP contribution is -2.34. The van der Waals surface area contributed by atoms with E-state index >= 15 is 0 Å². The molecule has 1 saturated carbocycles.